The summed E-state index contributed by atoms with van der Waals surface area (Å²) in [4.78, 5) is 69.9. The lowest BCUT2D eigenvalue weighted by Crippen LogP contribution is -2.62. The average molecular weight is 786 g/mol. The van der Waals surface area contributed by atoms with E-state index in [0.29, 0.717) is 23.1 Å². The summed E-state index contributed by atoms with van der Waals surface area (Å²) in [5, 5.41) is 14.2. The first-order valence-electron chi connectivity index (χ1n) is 19.2. The first-order chi connectivity index (χ1) is 26.2. The van der Waals surface area contributed by atoms with Crippen molar-refractivity contribution in [2.45, 2.75) is 134 Å². The maximum absolute atomic E-state index is 17.4. The van der Waals surface area contributed by atoms with Crippen molar-refractivity contribution >= 4 is 40.9 Å². The number of rotatable bonds is 8. The van der Waals surface area contributed by atoms with E-state index in [1.165, 1.54) is 34.6 Å². The highest BCUT2D eigenvalue weighted by atomic mass is 19.1. The quantitative estimate of drug-likeness (QED) is 0.289. The fourth-order valence-corrected chi connectivity index (χ4v) is 8.54. The molecule has 15 nitrogen and oxygen atoms in total. The number of cyclic esters (lactones) is 1. The molecule has 13 atom stereocenters. The molecule has 56 heavy (non-hydrogen) atoms. The Balaban J connectivity index is 1.59. The lowest BCUT2D eigenvalue weighted by molar-refractivity contribution is -0.297. The van der Waals surface area contributed by atoms with Gasteiger partial charge in [0.1, 0.15) is 23.6 Å². The number of esters is 1. The van der Waals surface area contributed by atoms with Gasteiger partial charge in [0.15, 0.2) is 34.8 Å². The maximum Gasteiger partial charge on any atom is 0.408 e. The fraction of sp³-hybridized carbons (Fsp3) is 0.675. The Hall–Kier alpha value is -3.96. The van der Waals surface area contributed by atoms with Crippen LogP contribution in [0.2, 0.25) is 0 Å². The van der Waals surface area contributed by atoms with E-state index in [2.05, 4.69) is 20.3 Å². The van der Waals surface area contributed by atoms with Crippen LogP contribution in [-0.4, -0.2) is 129 Å². The van der Waals surface area contributed by atoms with E-state index in [4.69, 9.17) is 23.7 Å². The van der Waals surface area contributed by atoms with Crippen LogP contribution in [-0.2, 0) is 38.1 Å². The molecule has 2 N–H and O–H groups in total. The number of alkyl carbamates (subject to hydrolysis) is 1. The number of carbonyl (C=O) groups is 4. The number of aliphatic hydroxyl groups is 1. The molecule has 2 aromatic rings. The lowest BCUT2D eigenvalue weighted by Gasteiger charge is -2.48. The molecule has 3 aliphatic rings. The van der Waals surface area contributed by atoms with Crippen molar-refractivity contribution in [3.8, 4) is 0 Å². The van der Waals surface area contributed by atoms with Gasteiger partial charge < -0.3 is 39.0 Å². The molecule has 5 rings (SSSR count). The summed E-state index contributed by atoms with van der Waals surface area (Å²) in [6.07, 6.45) is 1.92. The van der Waals surface area contributed by atoms with Gasteiger partial charge in [0.25, 0.3) is 0 Å². The Morgan fingerprint density at radius 3 is 2.43 bits per heavy atom. The van der Waals surface area contributed by atoms with Crippen molar-refractivity contribution in [1.82, 2.24) is 25.2 Å². The van der Waals surface area contributed by atoms with Gasteiger partial charge in [-0.15, -0.1) is 0 Å². The third kappa shape index (κ3) is 8.79. The standard InChI is InChI=1S/C40H56FN5O10/c1-11-28-40(8)31(45-37(51)56-40)24(5)32(49)38(6,41)20-39(7,52-16-12-13-25-18-26-34(44-19-25)43-15-14-42-26)33(22(3)29(47)23(4)35(50)54-28)55-36-30(48)27(46(9)10)17-21(2)53-36/h12-15,18-19,21-24,27-28,30-31,33,36,48H,11,16-17,20H2,1-10H3,(H,45,51)/b13-12+/t21-,22+,23-,24-,27+,28-,30-,31+,33-,36+,38+,39-,40-/m1/s1. The van der Waals surface area contributed by atoms with Crippen molar-refractivity contribution in [3.05, 3.63) is 36.3 Å². The minimum atomic E-state index is -2.64. The number of aromatic nitrogens is 3. The Morgan fingerprint density at radius 2 is 1.75 bits per heavy atom. The molecule has 2 aromatic heterocycles. The zero-order valence-corrected chi connectivity index (χ0v) is 33.9. The summed E-state index contributed by atoms with van der Waals surface area (Å²) in [7, 11) is 3.63. The smallest absolute Gasteiger partial charge is 0.408 e. The number of carbonyl (C=O) groups excluding carboxylic acids is 4. The number of halogens is 1. The molecule has 0 aliphatic carbocycles. The summed E-state index contributed by atoms with van der Waals surface area (Å²) in [6, 6.07) is 0.296. The second kappa shape index (κ2) is 16.9. The molecule has 16 heteroatoms. The minimum absolute atomic E-state index is 0.152. The number of pyridine rings is 1. The SMILES string of the molecule is CC[C@H]1OC(=O)[C@H](C)C(=O)[C@H](C)[C@@H](O[C@@H]2O[C@H](C)C[C@H](N(C)C)[C@H]2O)[C@](C)(OC/C=C/c2cnc3nccnc3c2)C[C@](C)(F)C(=O)[C@H](C)[C@@H]2NC(=O)O[C@]12C. The largest absolute Gasteiger partial charge is 0.458 e. The summed E-state index contributed by atoms with van der Waals surface area (Å²) in [5.41, 5.74) is -4.28. The van der Waals surface area contributed by atoms with Crippen LogP contribution in [0.4, 0.5) is 9.18 Å². The van der Waals surface area contributed by atoms with Crippen LogP contribution in [0.5, 0.6) is 0 Å². The molecule has 3 fully saturated rings. The van der Waals surface area contributed by atoms with Gasteiger partial charge in [0.05, 0.1) is 30.5 Å². The van der Waals surface area contributed by atoms with Gasteiger partial charge in [-0.3, -0.25) is 19.4 Å². The number of ether oxygens (including phenoxy) is 5. The molecule has 0 bridgehead atoms. The number of nitrogens with zero attached hydrogens (tertiary/aromatic N) is 4. The van der Waals surface area contributed by atoms with E-state index >= 15 is 4.39 Å². The summed E-state index contributed by atoms with van der Waals surface area (Å²) < 4.78 is 48.2. The van der Waals surface area contributed by atoms with Crippen molar-refractivity contribution < 1.29 is 52.4 Å². The van der Waals surface area contributed by atoms with E-state index in [9.17, 15) is 24.3 Å². The summed E-state index contributed by atoms with van der Waals surface area (Å²) in [6.45, 7) is 12.0. The van der Waals surface area contributed by atoms with Crippen LogP contribution < -0.4 is 5.32 Å². The van der Waals surface area contributed by atoms with Gasteiger partial charge in [-0.05, 0) is 73.2 Å². The topological polar surface area (TPSA) is 189 Å². The first-order valence-corrected chi connectivity index (χ1v) is 19.2. The number of aliphatic hydroxyl groups excluding tert-OH is 1. The van der Waals surface area contributed by atoms with Crippen LogP contribution in [0, 0.1) is 17.8 Å². The van der Waals surface area contributed by atoms with Crippen molar-refractivity contribution in [1.29, 1.82) is 0 Å². The zero-order valence-electron chi connectivity index (χ0n) is 33.9. The number of fused-ring (bicyclic) bond motifs is 2. The summed E-state index contributed by atoms with van der Waals surface area (Å²) >= 11 is 0. The number of nitrogens with one attached hydrogen (secondary N) is 1. The van der Waals surface area contributed by atoms with E-state index in [-0.39, 0.29) is 19.1 Å². The highest BCUT2D eigenvalue weighted by Crippen LogP contribution is 2.42. The van der Waals surface area contributed by atoms with E-state index in [0.717, 1.165) is 6.92 Å². The Bertz CT molecular complexity index is 1810. The lowest BCUT2D eigenvalue weighted by atomic mass is 9.72. The Morgan fingerprint density at radius 1 is 1.05 bits per heavy atom. The molecule has 0 spiro atoms. The molecule has 0 aromatic carbocycles. The number of alkyl halides is 1. The number of hydrogen-bond donors (Lipinski definition) is 2. The predicted molar refractivity (Wildman–Crippen MR) is 202 cm³/mol. The van der Waals surface area contributed by atoms with Crippen LogP contribution in [0.1, 0.15) is 80.2 Å². The van der Waals surface area contributed by atoms with Gasteiger partial charge >= 0.3 is 12.1 Å². The van der Waals surface area contributed by atoms with Crippen LogP contribution in [0.25, 0.3) is 17.2 Å². The highest BCUT2D eigenvalue weighted by Gasteiger charge is 2.59. The molecular formula is C40H56FN5O10. The predicted octanol–water partition coefficient (Wildman–Crippen LogP) is 3.99. The average Bonchev–Trinajstić information content (AvgIpc) is 3.47. The molecule has 3 aliphatic heterocycles. The van der Waals surface area contributed by atoms with Crippen molar-refractivity contribution in [2.75, 3.05) is 20.7 Å². The van der Waals surface area contributed by atoms with Crippen molar-refractivity contribution in [3.63, 3.8) is 0 Å². The van der Waals surface area contributed by atoms with E-state index in [1.54, 1.807) is 43.7 Å². The normalized spacial score (nSPS) is 38.9. The van der Waals surface area contributed by atoms with Gasteiger partial charge in [-0.2, -0.15) is 0 Å². The van der Waals surface area contributed by atoms with Crippen LogP contribution in [0.3, 0.4) is 0 Å². The van der Waals surface area contributed by atoms with Gasteiger partial charge in [0, 0.05) is 42.9 Å². The van der Waals surface area contributed by atoms with Crippen LogP contribution in [0.15, 0.2) is 30.7 Å². The van der Waals surface area contributed by atoms with Crippen molar-refractivity contribution in [2.24, 2.45) is 17.8 Å². The molecule has 5 heterocycles. The Labute approximate surface area is 327 Å². The van der Waals surface area contributed by atoms with Crippen LogP contribution >= 0.6 is 0 Å². The molecule has 0 saturated carbocycles. The molecule has 1 amide bonds. The fourth-order valence-electron chi connectivity index (χ4n) is 8.54. The molecule has 0 unspecified atom stereocenters. The number of amides is 1. The minimum Gasteiger partial charge on any atom is -0.458 e. The zero-order chi connectivity index (χ0) is 41.3. The first kappa shape index (κ1) is 43.2. The van der Waals surface area contributed by atoms with Gasteiger partial charge in [0.2, 0.25) is 0 Å². The second-order valence-electron chi connectivity index (χ2n) is 16.3. The maximum atomic E-state index is 17.4. The Kier molecular flexibility index (Phi) is 13.0. The summed E-state index contributed by atoms with van der Waals surface area (Å²) in [5.74, 6) is -6.10. The third-order valence-corrected chi connectivity index (χ3v) is 11.6. The van der Waals surface area contributed by atoms with E-state index < -0.39 is 101 Å². The molecule has 3 saturated heterocycles. The second-order valence-corrected chi connectivity index (χ2v) is 16.3. The molecule has 308 valence electrons. The molecule has 0 radical (unpaired) electrons. The highest BCUT2D eigenvalue weighted by molar-refractivity contribution is 6.00. The monoisotopic (exact) mass is 785 g/mol. The van der Waals surface area contributed by atoms with E-state index in [1.807, 2.05) is 25.9 Å². The van der Waals surface area contributed by atoms with Gasteiger partial charge in [-0.25, -0.2) is 19.2 Å². The number of likely N-dealkylation sites (N-methyl/N-ethyl adjacent to an activating group) is 1. The van der Waals surface area contributed by atoms with Gasteiger partial charge in [-0.1, -0.05) is 32.9 Å². The number of hydrogen-bond acceptors (Lipinski definition) is 14. The molecular weight excluding hydrogens is 729 g/mol. The number of Topliss-reactive ketones (excluding diaryl/α,β-unsaturated/α-hetero) is 2. The third-order valence-electron chi connectivity index (χ3n) is 11.6. The number of ketones is 2.